The molecule has 1 amide bonds. The molecule has 1 unspecified atom stereocenters. The van der Waals surface area contributed by atoms with Crippen LogP contribution in [0.1, 0.15) is 39.0 Å². The number of halogens is 3. The van der Waals surface area contributed by atoms with Gasteiger partial charge in [-0.1, -0.05) is 35.4 Å². The van der Waals surface area contributed by atoms with Crippen LogP contribution in [0.5, 0.6) is 0 Å². The minimum atomic E-state index is -0.802. The minimum absolute atomic E-state index is 0.00102. The maximum Gasteiger partial charge on any atom is 0.303 e. The third kappa shape index (κ3) is 7.18. The van der Waals surface area contributed by atoms with Gasteiger partial charge in [0.2, 0.25) is 5.91 Å². The number of aliphatic carboxylic acids is 1. The second kappa shape index (κ2) is 11.2. The van der Waals surface area contributed by atoms with Crippen LogP contribution in [0.15, 0.2) is 30.4 Å². The molecule has 0 spiro atoms. The number of benzene rings is 1. The molecule has 1 aliphatic carbocycles. The Morgan fingerprint density at radius 2 is 1.83 bits per heavy atom. The first-order valence-electron chi connectivity index (χ1n) is 9.62. The van der Waals surface area contributed by atoms with Gasteiger partial charge in [0.05, 0.1) is 6.10 Å². The summed E-state index contributed by atoms with van der Waals surface area (Å²) < 4.78 is 0. The van der Waals surface area contributed by atoms with E-state index in [2.05, 4.69) is 0 Å². The predicted octanol–water partition coefficient (Wildman–Crippen LogP) is 5.15. The van der Waals surface area contributed by atoms with Gasteiger partial charge in [0.25, 0.3) is 0 Å². The molecule has 29 heavy (non-hydrogen) atoms. The average molecular weight is 463 g/mol. The van der Waals surface area contributed by atoms with E-state index in [4.69, 9.17) is 39.9 Å². The average Bonchev–Trinajstić information content (AvgIpc) is 2.87. The third-order valence-corrected chi connectivity index (χ3v) is 6.18. The summed E-state index contributed by atoms with van der Waals surface area (Å²) in [6, 6.07) is 4.94. The van der Waals surface area contributed by atoms with Gasteiger partial charge in [0, 0.05) is 46.9 Å². The number of carboxylic acids is 1. The molecule has 5 nitrogen and oxygen atoms in total. The first-order valence-corrected chi connectivity index (χ1v) is 10.8. The Hall–Kier alpha value is -1.27. The Bertz CT molecular complexity index is 735. The van der Waals surface area contributed by atoms with Gasteiger partial charge in [-0.3, -0.25) is 9.59 Å². The lowest BCUT2D eigenvalue weighted by molar-refractivity contribution is -0.137. The number of aliphatic hydroxyl groups is 1. The van der Waals surface area contributed by atoms with Crippen LogP contribution in [-0.2, 0) is 9.59 Å². The summed E-state index contributed by atoms with van der Waals surface area (Å²) in [4.78, 5) is 24.4. The molecule has 160 valence electrons. The second-order valence-corrected chi connectivity index (χ2v) is 8.83. The summed E-state index contributed by atoms with van der Waals surface area (Å²) >= 11 is 18.7. The largest absolute Gasteiger partial charge is 0.481 e. The van der Waals surface area contributed by atoms with E-state index in [1.165, 1.54) is 6.92 Å². The van der Waals surface area contributed by atoms with Crippen molar-refractivity contribution in [1.29, 1.82) is 0 Å². The van der Waals surface area contributed by atoms with Gasteiger partial charge >= 0.3 is 5.97 Å². The van der Waals surface area contributed by atoms with Crippen LogP contribution < -0.4 is 4.90 Å². The summed E-state index contributed by atoms with van der Waals surface area (Å²) in [6.07, 6.45) is 5.86. The molecule has 1 aromatic carbocycles. The Morgan fingerprint density at radius 3 is 2.41 bits per heavy atom. The number of unbranched alkanes of at least 4 members (excludes halogenated alkanes) is 1. The molecule has 1 aliphatic rings. The molecule has 0 bridgehead atoms. The second-order valence-electron chi connectivity index (χ2n) is 7.40. The van der Waals surface area contributed by atoms with Crippen molar-refractivity contribution < 1.29 is 19.8 Å². The molecular formula is C21H26Cl3NO4. The molecule has 4 atom stereocenters. The zero-order valence-electron chi connectivity index (χ0n) is 16.2. The van der Waals surface area contributed by atoms with E-state index < -0.39 is 12.1 Å². The minimum Gasteiger partial charge on any atom is -0.481 e. The van der Waals surface area contributed by atoms with Crippen LogP contribution in [0.2, 0.25) is 10.0 Å². The molecule has 1 saturated carbocycles. The van der Waals surface area contributed by atoms with Crippen molar-refractivity contribution in [2.45, 2.75) is 50.5 Å². The highest BCUT2D eigenvalue weighted by molar-refractivity contribution is 6.35. The summed E-state index contributed by atoms with van der Waals surface area (Å²) in [5.41, 5.74) is 0.586. The zero-order valence-corrected chi connectivity index (χ0v) is 18.5. The lowest BCUT2D eigenvalue weighted by Crippen LogP contribution is -2.38. The van der Waals surface area contributed by atoms with E-state index >= 15 is 0 Å². The van der Waals surface area contributed by atoms with Gasteiger partial charge in [0.1, 0.15) is 0 Å². The van der Waals surface area contributed by atoms with Crippen molar-refractivity contribution in [3.05, 3.63) is 40.4 Å². The highest BCUT2D eigenvalue weighted by Gasteiger charge is 2.42. The van der Waals surface area contributed by atoms with Crippen molar-refractivity contribution in [2.24, 2.45) is 11.8 Å². The van der Waals surface area contributed by atoms with Gasteiger partial charge < -0.3 is 15.1 Å². The molecule has 0 aromatic heterocycles. The molecule has 2 rings (SSSR count). The predicted molar refractivity (Wildman–Crippen MR) is 117 cm³/mol. The maximum atomic E-state index is 12.3. The van der Waals surface area contributed by atoms with Crippen molar-refractivity contribution in [3.63, 3.8) is 0 Å². The van der Waals surface area contributed by atoms with E-state index in [9.17, 15) is 14.7 Å². The molecule has 2 N–H and O–H groups in total. The first kappa shape index (κ1) is 24.0. The Balaban J connectivity index is 2.08. The summed E-state index contributed by atoms with van der Waals surface area (Å²) in [5.74, 6) is -1.16. The fraction of sp³-hybridized carbons (Fsp3) is 0.524. The molecule has 0 aliphatic heterocycles. The zero-order chi connectivity index (χ0) is 21.6. The number of allylic oxidation sites excluding steroid dienone is 2. The van der Waals surface area contributed by atoms with E-state index in [1.54, 1.807) is 23.1 Å². The molecule has 0 heterocycles. The molecule has 1 fully saturated rings. The van der Waals surface area contributed by atoms with E-state index in [0.29, 0.717) is 48.0 Å². The number of amides is 1. The Kier molecular flexibility index (Phi) is 9.28. The van der Waals surface area contributed by atoms with E-state index in [-0.39, 0.29) is 29.5 Å². The number of aliphatic hydroxyl groups excluding tert-OH is 1. The topological polar surface area (TPSA) is 77.8 Å². The number of hydrogen-bond acceptors (Lipinski definition) is 3. The van der Waals surface area contributed by atoms with Gasteiger partial charge in [-0.15, -0.1) is 11.6 Å². The fourth-order valence-corrected chi connectivity index (χ4v) is 4.76. The van der Waals surface area contributed by atoms with Gasteiger partial charge in [0.15, 0.2) is 0 Å². The van der Waals surface area contributed by atoms with Crippen LogP contribution in [0.3, 0.4) is 0 Å². The molecule has 8 heteroatoms. The third-order valence-electron chi connectivity index (χ3n) is 5.24. The first-order chi connectivity index (χ1) is 13.7. The molecule has 1 aromatic rings. The Morgan fingerprint density at radius 1 is 1.17 bits per heavy atom. The van der Waals surface area contributed by atoms with Gasteiger partial charge in [-0.2, -0.15) is 0 Å². The van der Waals surface area contributed by atoms with Gasteiger partial charge in [-0.05, 0) is 49.8 Å². The number of nitrogens with zero attached hydrogens (tertiary/aromatic N) is 1. The number of anilines is 1. The SMILES string of the molecule is CC(=O)N(C[C@H]1[C@H](O)CC(Cl)[C@@H]1C/C=C\CCCC(=O)O)c1cc(Cl)cc(Cl)c1. The quantitative estimate of drug-likeness (QED) is 0.302. The lowest BCUT2D eigenvalue weighted by Gasteiger charge is -2.30. The van der Waals surface area contributed by atoms with Crippen LogP contribution in [0, 0.1) is 11.8 Å². The van der Waals surface area contributed by atoms with Gasteiger partial charge in [-0.25, -0.2) is 0 Å². The maximum absolute atomic E-state index is 12.3. The van der Waals surface area contributed by atoms with Crippen molar-refractivity contribution in [1.82, 2.24) is 0 Å². The normalized spacial score (nSPS) is 24.2. The van der Waals surface area contributed by atoms with Crippen LogP contribution in [0.4, 0.5) is 5.69 Å². The number of carboxylic acid groups (broad SMARTS) is 1. The summed E-state index contributed by atoms with van der Waals surface area (Å²) in [6.45, 7) is 1.78. The molecular weight excluding hydrogens is 437 g/mol. The molecule has 0 radical (unpaired) electrons. The highest BCUT2D eigenvalue weighted by Crippen LogP contribution is 2.40. The smallest absolute Gasteiger partial charge is 0.303 e. The van der Waals surface area contributed by atoms with Crippen LogP contribution in [-0.4, -0.2) is 40.1 Å². The lowest BCUT2D eigenvalue weighted by atomic mass is 9.90. The van der Waals surface area contributed by atoms with Crippen LogP contribution in [0.25, 0.3) is 0 Å². The highest BCUT2D eigenvalue weighted by atomic mass is 35.5. The van der Waals surface area contributed by atoms with Crippen LogP contribution >= 0.6 is 34.8 Å². The summed E-state index contributed by atoms with van der Waals surface area (Å²) in [7, 11) is 0. The monoisotopic (exact) mass is 461 g/mol. The van der Waals surface area contributed by atoms with Crippen molar-refractivity contribution in [3.8, 4) is 0 Å². The molecule has 0 saturated heterocycles. The number of rotatable bonds is 9. The van der Waals surface area contributed by atoms with E-state index in [1.807, 2.05) is 12.2 Å². The Labute approximate surface area is 186 Å². The van der Waals surface area contributed by atoms with E-state index in [0.717, 1.165) is 0 Å². The number of carbonyl (C=O) groups is 2. The van der Waals surface area contributed by atoms with Crippen molar-refractivity contribution in [2.75, 3.05) is 11.4 Å². The fourth-order valence-electron chi connectivity index (χ4n) is 3.78. The number of carbonyl (C=O) groups excluding carboxylic acids is 1. The summed E-state index contributed by atoms with van der Waals surface area (Å²) in [5, 5.41) is 19.9. The number of hydrogen-bond donors (Lipinski definition) is 2. The van der Waals surface area contributed by atoms with Crippen molar-refractivity contribution >= 4 is 52.4 Å². The number of alkyl halides is 1. The standard InChI is InChI=1S/C21H26Cl3NO4/c1-13(26)25(16-9-14(22)8-15(23)10-16)12-18-17(19(24)11-20(18)27)6-4-2-3-5-7-21(28)29/h2,4,8-10,17-20,27H,3,5-7,11-12H2,1H3,(H,28,29)/b4-2-/t17-,18-,19?,20-/m1/s1.